The Balaban J connectivity index is 2.67. The monoisotopic (exact) mass is 220 g/mol. The predicted octanol–water partition coefficient (Wildman–Crippen LogP) is 2.47. The van der Waals surface area contributed by atoms with Crippen LogP contribution >= 0.6 is 0 Å². The molecule has 0 atom stereocenters. The van der Waals surface area contributed by atoms with Gasteiger partial charge in [-0.15, -0.1) is 0 Å². The van der Waals surface area contributed by atoms with Crippen molar-refractivity contribution in [1.82, 2.24) is 5.43 Å². The molecule has 1 aromatic carbocycles. The molecule has 0 saturated carbocycles. The second-order valence-corrected chi connectivity index (χ2v) is 3.40. The van der Waals surface area contributed by atoms with Crippen molar-refractivity contribution in [2.24, 2.45) is 5.10 Å². The van der Waals surface area contributed by atoms with E-state index in [0.29, 0.717) is 6.61 Å². The second kappa shape index (κ2) is 5.90. The molecule has 0 spiro atoms. The Morgan fingerprint density at radius 1 is 1.50 bits per heavy atom. The maximum absolute atomic E-state index is 11.0. The Bertz CT molecular complexity index is 400. The summed E-state index contributed by atoms with van der Waals surface area (Å²) in [5, 5.41) is 3.95. The van der Waals surface area contributed by atoms with Crippen molar-refractivity contribution in [3.05, 3.63) is 35.4 Å². The normalized spacial score (nSPS) is 11.1. The molecule has 0 fully saturated rings. The van der Waals surface area contributed by atoms with Crippen LogP contribution in [0.3, 0.4) is 0 Å². The lowest BCUT2D eigenvalue weighted by Gasteiger charge is -2.03. The molecule has 0 radical (unpaired) electrons. The van der Waals surface area contributed by atoms with Crippen LogP contribution in [-0.2, 0) is 4.74 Å². The number of aryl methyl sites for hydroxylation is 1. The van der Waals surface area contributed by atoms with Gasteiger partial charge in [-0.1, -0.05) is 29.8 Å². The number of carbonyl (C=O) groups excluding carboxylic acids is 1. The topological polar surface area (TPSA) is 50.7 Å². The van der Waals surface area contributed by atoms with E-state index in [2.05, 4.69) is 10.5 Å². The number of hydrogen-bond donors (Lipinski definition) is 1. The van der Waals surface area contributed by atoms with E-state index < -0.39 is 6.09 Å². The Kier molecular flexibility index (Phi) is 4.51. The molecule has 4 heteroatoms. The Labute approximate surface area is 95.3 Å². The minimum absolute atomic E-state index is 0.338. The number of nitrogens with zero attached hydrogens (tertiary/aromatic N) is 1. The van der Waals surface area contributed by atoms with Crippen LogP contribution in [0.4, 0.5) is 4.79 Å². The van der Waals surface area contributed by atoms with E-state index >= 15 is 0 Å². The third-order valence-corrected chi connectivity index (χ3v) is 2.03. The van der Waals surface area contributed by atoms with Crippen molar-refractivity contribution in [3.8, 4) is 0 Å². The van der Waals surface area contributed by atoms with E-state index in [0.717, 1.165) is 16.8 Å². The van der Waals surface area contributed by atoms with Gasteiger partial charge in [-0.3, -0.25) is 0 Å². The SMILES string of the molecule is CCOC(=O)N/N=C(\C)c1cccc(C)c1. The molecule has 0 aliphatic carbocycles. The highest BCUT2D eigenvalue weighted by Crippen LogP contribution is 2.04. The summed E-state index contributed by atoms with van der Waals surface area (Å²) >= 11 is 0. The fourth-order valence-corrected chi connectivity index (χ4v) is 1.23. The van der Waals surface area contributed by atoms with Gasteiger partial charge in [0.15, 0.2) is 0 Å². The zero-order valence-electron chi connectivity index (χ0n) is 9.78. The maximum atomic E-state index is 11.0. The van der Waals surface area contributed by atoms with Crippen LogP contribution in [0.5, 0.6) is 0 Å². The summed E-state index contributed by atoms with van der Waals surface area (Å²) in [5.74, 6) is 0. The third kappa shape index (κ3) is 3.73. The minimum atomic E-state index is -0.533. The molecule has 86 valence electrons. The lowest BCUT2D eigenvalue weighted by Crippen LogP contribution is -2.20. The Hall–Kier alpha value is -1.84. The molecule has 4 nitrogen and oxygen atoms in total. The summed E-state index contributed by atoms with van der Waals surface area (Å²) in [7, 11) is 0. The molecule has 1 N–H and O–H groups in total. The number of benzene rings is 1. The van der Waals surface area contributed by atoms with E-state index in [1.807, 2.05) is 38.1 Å². The molecule has 0 aliphatic heterocycles. The van der Waals surface area contributed by atoms with Crippen LogP contribution in [0.2, 0.25) is 0 Å². The van der Waals surface area contributed by atoms with Gasteiger partial charge in [-0.25, -0.2) is 10.2 Å². The van der Waals surface area contributed by atoms with E-state index in [1.54, 1.807) is 6.92 Å². The van der Waals surface area contributed by atoms with Gasteiger partial charge in [0.2, 0.25) is 0 Å². The van der Waals surface area contributed by atoms with E-state index in [-0.39, 0.29) is 0 Å². The Morgan fingerprint density at radius 2 is 2.25 bits per heavy atom. The summed E-state index contributed by atoms with van der Waals surface area (Å²) in [6, 6.07) is 7.91. The van der Waals surface area contributed by atoms with Crippen molar-refractivity contribution < 1.29 is 9.53 Å². The molecule has 1 aromatic rings. The molecule has 0 unspecified atom stereocenters. The maximum Gasteiger partial charge on any atom is 0.427 e. The molecule has 16 heavy (non-hydrogen) atoms. The smallest absolute Gasteiger partial charge is 0.427 e. The lowest BCUT2D eigenvalue weighted by atomic mass is 10.1. The largest absolute Gasteiger partial charge is 0.449 e. The van der Waals surface area contributed by atoms with Crippen LogP contribution in [0, 0.1) is 6.92 Å². The summed E-state index contributed by atoms with van der Waals surface area (Å²) in [4.78, 5) is 11.0. The van der Waals surface area contributed by atoms with Crippen LogP contribution in [0.25, 0.3) is 0 Å². The van der Waals surface area contributed by atoms with Crippen molar-refractivity contribution in [3.63, 3.8) is 0 Å². The quantitative estimate of drug-likeness (QED) is 0.628. The van der Waals surface area contributed by atoms with Crippen molar-refractivity contribution in [1.29, 1.82) is 0 Å². The molecule has 0 aliphatic rings. The average molecular weight is 220 g/mol. The first-order chi connectivity index (χ1) is 7.63. The highest BCUT2D eigenvalue weighted by Gasteiger charge is 2.00. The van der Waals surface area contributed by atoms with Gasteiger partial charge in [-0.2, -0.15) is 5.10 Å². The fourth-order valence-electron chi connectivity index (χ4n) is 1.23. The second-order valence-electron chi connectivity index (χ2n) is 3.40. The van der Waals surface area contributed by atoms with Crippen LogP contribution in [0.15, 0.2) is 29.4 Å². The van der Waals surface area contributed by atoms with Crippen LogP contribution < -0.4 is 5.43 Å². The molecule has 1 rings (SSSR count). The lowest BCUT2D eigenvalue weighted by molar-refractivity contribution is 0.152. The number of hydrazone groups is 1. The Morgan fingerprint density at radius 3 is 2.88 bits per heavy atom. The first-order valence-electron chi connectivity index (χ1n) is 5.17. The first-order valence-corrected chi connectivity index (χ1v) is 5.17. The number of ether oxygens (including phenoxy) is 1. The van der Waals surface area contributed by atoms with Crippen LogP contribution in [-0.4, -0.2) is 18.4 Å². The average Bonchev–Trinajstić information content (AvgIpc) is 2.26. The summed E-state index contributed by atoms with van der Waals surface area (Å²) in [6.45, 7) is 5.93. The van der Waals surface area contributed by atoms with E-state index in [9.17, 15) is 4.79 Å². The van der Waals surface area contributed by atoms with Crippen molar-refractivity contribution in [2.45, 2.75) is 20.8 Å². The van der Waals surface area contributed by atoms with Gasteiger partial charge in [0.05, 0.1) is 12.3 Å². The van der Waals surface area contributed by atoms with Gasteiger partial charge in [0, 0.05) is 0 Å². The molecule has 0 bridgehead atoms. The number of hydrogen-bond acceptors (Lipinski definition) is 3. The van der Waals surface area contributed by atoms with Gasteiger partial charge >= 0.3 is 6.09 Å². The van der Waals surface area contributed by atoms with Gasteiger partial charge < -0.3 is 4.74 Å². The molecular weight excluding hydrogens is 204 g/mol. The molecule has 0 aromatic heterocycles. The fraction of sp³-hybridized carbons (Fsp3) is 0.333. The summed E-state index contributed by atoms with van der Waals surface area (Å²) in [5.41, 5.74) is 5.21. The molecule has 0 heterocycles. The number of carbonyl (C=O) groups is 1. The van der Waals surface area contributed by atoms with Gasteiger partial charge in [-0.05, 0) is 26.3 Å². The minimum Gasteiger partial charge on any atom is -0.449 e. The molecule has 1 amide bonds. The van der Waals surface area contributed by atoms with Gasteiger partial charge in [0.1, 0.15) is 0 Å². The molecule has 0 saturated heterocycles. The van der Waals surface area contributed by atoms with Crippen molar-refractivity contribution in [2.75, 3.05) is 6.61 Å². The van der Waals surface area contributed by atoms with Crippen LogP contribution in [0.1, 0.15) is 25.0 Å². The highest BCUT2D eigenvalue weighted by molar-refractivity contribution is 5.99. The van der Waals surface area contributed by atoms with E-state index in [1.165, 1.54) is 0 Å². The third-order valence-electron chi connectivity index (χ3n) is 2.03. The standard InChI is InChI=1S/C12H16N2O2/c1-4-16-12(15)14-13-10(3)11-7-5-6-9(2)8-11/h5-8H,4H2,1-3H3,(H,14,15)/b13-10+. The number of amides is 1. The zero-order chi connectivity index (χ0) is 12.0. The summed E-state index contributed by atoms with van der Waals surface area (Å²) in [6.07, 6.45) is -0.533. The van der Waals surface area contributed by atoms with Crippen molar-refractivity contribution >= 4 is 11.8 Å². The number of rotatable bonds is 3. The summed E-state index contributed by atoms with van der Waals surface area (Å²) < 4.78 is 4.69. The zero-order valence-corrected chi connectivity index (χ0v) is 9.78. The molecular formula is C12H16N2O2. The number of nitrogens with one attached hydrogen (secondary N) is 1. The van der Waals surface area contributed by atoms with E-state index in [4.69, 9.17) is 4.74 Å². The highest BCUT2D eigenvalue weighted by atomic mass is 16.5. The predicted molar refractivity (Wildman–Crippen MR) is 63.5 cm³/mol. The van der Waals surface area contributed by atoms with Gasteiger partial charge in [0.25, 0.3) is 0 Å². The first kappa shape index (κ1) is 12.2.